The van der Waals surface area contributed by atoms with E-state index in [0.29, 0.717) is 22.3 Å². The highest BCUT2D eigenvalue weighted by molar-refractivity contribution is 6.32. The van der Waals surface area contributed by atoms with Gasteiger partial charge in [0.25, 0.3) is 0 Å². The van der Waals surface area contributed by atoms with E-state index < -0.39 is 0 Å². The number of aryl methyl sites for hydroxylation is 2. The first-order valence-corrected chi connectivity index (χ1v) is 9.51. The maximum Gasteiger partial charge on any atom is 0.195 e. The van der Waals surface area contributed by atoms with E-state index in [1.165, 1.54) is 0 Å². The Hall–Kier alpha value is -2.94. The molecule has 0 aliphatic heterocycles. The van der Waals surface area contributed by atoms with Crippen molar-refractivity contribution in [1.29, 1.82) is 0 Å². The fourth-order valence-electron chi connectivity index (χ4n) is 4.92. The average Bonchev–Trinajstić information content (AvgIpc) is 2.88. The van der Waals surface area contributed by atoms with E-state index in [4.69, 9.17) is 0 Å². The second kappa shape index (κ2) is 5.54. The van der Waals surface area contributed by atoms with Gasteiger partial charge in [0.1, 0.15) is 0 Å². The summed E-state index contributed by atoms with van der Waals surface area (Å²) in [6.07, 6.45) is 0. The van der Waals surface area contributed by atoms with Gasteiger partial charge in [0.2, 0.25) is 0 Å². The van der Waals surface area contributed by atoms with E-state index in [-0.39, 0.29) is 11.6 Å². The van der Waals surface area contributed by atoms with Crippen molar-refractivity contribution >= 4 is 35.5 Å². The highest BCUT2D eigenvalue weighted by atomic mass is 16.1. The van der Waals surface area contributed by atoms with Crippen LogP contribution in [0.2, 0.25) is 0 Å². The van der Waals surface area contributed by atoms with Gasteiger partial charge < -0.3 is 4.57 Å². The highest BCUT2D eigenvalue weighted by Gasteiger charge is 2.37. The summed E-state index contributed by atoms with van der Waals surface area (Å²) in [6, 6.07) is 0. The quantitative estimate of drug-likeness (QED) is 0.474. The van der Waals surface area contributed by atoms with Crippen LogP contribution in [-0.2, 0) is 7.05 Å². The average molecular weight is 371 g/mol. The number of fused-ring (bicyclic) bond motifs is 3. The van der Waals surface area contributed by atoms with Gasteiger partial charge in [0, 0.05) is 50.8 Å². The first-order chi connectivity index (χ1) is 13.0. The lowest BCUT2D eigenvalue weighted by molar-refractivity contribution is 0.0977. The van der Waals surface area contributed by atoms with Crippen LogP contribution < -0.4 is 10.7 Å². The number of carbonyl (C=O) groups excluding carboxylic acids is 2. The van der Waals surface area contributed by atoms with Gasteiger partial charge in [-0.05, 0) is 74.9 Å². The number of hydrogen-bond acceptors (Lipinski definition) is 2. The maximum absolute atomic E-state index is 13.7. The van der Waals surface area contributed by atoms with Crippen molar-refractivity contribution in [1.82, 2.24) is 4.57 Å². The number of rotatable bonds is 0. The lowest BCUT2D eigenvalue weighted by Crippen LogP contribution is -2.27. The van der Waals surface area contributed by atoms with Crippen LogP contribution in [0.4, 0.5) is 0 Å². The lowest BCUT2D eigenvalue weighted by Gasteiger charge is -2.27. The van der Waals surface area contributed by atoms with Crippen molar-refractivity contribution in [2.45, 2.75) is 41.5 Å². The topological polar surface area (TPSA) is 39.1 Å². The zero-order valence-electron chi connectivity index (χ0n) is 17.7. The second-order valence-corrected chi connectivity index (χ2v) is 8.11. The molecule has 142 valence electrons. The zero-order valence-corrected chi connectivity index (χ0v) is 17.7. The van der Waals surface area contributed by atoms with Gasteiger partial charge in [-0.25, -0.2) is 0 Å². The molecule has 3 nitrogen and oxygen atoms in total. The van der Waals surface area contributed by atoms with Gasteiger partial charge in [-0.15, -0.1) is 0 Å². The third-order valence-corrected chi connectivity index (χ3v) is 6.98. The van der Waals surface area contributed by atoms with Crippen LogP contribution in [0.1, 0.15) is 65.2 Å². The maximum atomic E-state index is 13.7. The Morgan fingerprint density at radius 1 is 0.536 bits per heavy atom. The van der Waals surface area contributed by atoms with Crippen LogP contribution in [-0.4, -0.2) is 16.1 Å². The molecule has 0 saturated carbocycles. The zero-order chi connectivity index (χ0) is 20.8. The Labute approximate surface area is 165 Å². The Balaban J connectivity index is 2.28. The first-order valence-electron chi connectivity index (χ1n) is 9.51. The van der Waals surface area contributed by atoms with Crippen LogP contribution in [0.25, 0.3) is 23.9 Å². The Morgan fingerprint density at radius 2 is 0.821 bits per heavy atom. The molecule has 0 bridgehead atoms. The number of ketones is 2. The number of hydrogen-bond donors (Lipinski definition) is 0. The molecule has 1 aliphatic rings. The summed E-state index contributed by atoms with van der Waals surface area (Å²) in [5.74, 6) is -0.102. The van der Waals surface area contributed by atoms with E-state index >= 15 is 0 Å². The van der Waals surface area contributed by atoms with Gasteiger partial charge in [0.05, 0.1) is 0 Å². The normalized spacial score (nSPS) is 13.2. The monoisotopic (exact) mass is 371 g/mol. The van der Waals surface area contributed by atoms with Gasteiger partial charge in [0.15, 0.2) is 11.6 Å². The SMILES string of the molecule is C=c1c2c(C)c3c(c(C)c2c(=C)n1C)C(=O)c1c(C)c(C)c(C)c(C)c1C3=O. The molecule has 1 heterocycles. The molecule has 0 spiro atoms. The number of nitrogens with zero attached hydrogens (tertiary/aromatic N) is 1. The summed E-state index contributed by atoms with van der Waals surface area (Å²) in [6.45, 7) is 20.2. The smallest absolute Gasteiger partial charge is 0.195 e. The van der Waals surface area contributed by atoms with Crippen molar-refractivity contribution in [2.24, 2.45) is 7.05 Å². The van der Waals surface area contributed by atoms with Crippen molar-refractivity contribution < 1.29 is 9.59 Å². The van der Waals surface area contributed by atoms with Gasteiger partial charge >= 0.3 is 0 Å². The third kappa shape index (κ3) is 1.89. The van der Waals surface area contributed by atoms with E-state index in [1.807, 2.05) is 53.2 Å². The Bertz CT molecular complexity index is 1280. The fourth-order valence-corrected chi connectivity index (χ4v) is 4.92. The predicted molar refractivity (Wildman–Crippen MR) is 115 cm³/mol. The summed E-state index contributed by atoms with van der Waals surface area (Å²) < 4.78 is 1.93. The molecule has 2 aromatic carbocycles. The van der Waals surface area contributed by atoms with Crippen LogP contribution in [0.15, 0.2) is 0 Å². The van der Waals surface area contributed by atoms with Crippen LogP contribution in [0, 0.1) is 41.5 Å². The van der Waals surface area contributed by atoms with Gasteiger partial charge in [-0.3, -0.25) is 9.59 Å². The van der Waals surface area contributed by atoms with Crippen LogP contribution in [0.3, 0.4) is 0 Å². The predicted octanol–water partition coefficient (Wildman–Crippen LogP) is 3.62. The van der Waals surface area contributed by atoms with E-state index in [2.05, 4.69) is 13.2 Å². The minimum Gasteiger partial charge on any atom is -0.345 e. The lowest BCUT2D eigenvalue weighted by atomic mass is 9.74. The molecule has 28 heavy (non-hydrogen) atoms. The molecule has 1 aliphatic carbocycles. The van der Waals surface area contributed by atoms with Crippen molar-refractivity contribution in [2.75, 3.05) is 0 Å². The van der Waals surface area contributed by atoms with Crippen LogP contribution in [0.5, 0.6) is 0 Å². The van der Waals surface area contributed by atoms with Gasteiger partial charge in [-0.2, -0.15) is 0 Å². The number of carbonyl (C=O) groups is 2. The summed E-state index contributed by atoms with van der Waals surface area (Å²) >= 11 is 0. The molecular formula is C25H25NO2. The summed E-state index contributed by atoms with van der Waals surface area (Å²) in [4.78, 5) is 27.4. The largest absolute Gasteiger partial charge is 0.345 e. The Morgan fingerprint density at radius 3 is 1.14 bits per heavy atom. The van der Waals surface area contributed by atoms with Crippen molar-refractivity contribution in [3.8, 4) is 0 Å². The summed E-state index contributed by atoms with van der Waals surface area (Å²) in [7, 11) is 1.92. The molecule has 1 aromatic heterocycles. The molecule has 3 heteroatoms. The highest BCUT2D eigenvalue weighted by Crippen LogP contribution is 2.39. The molecule has 0 N–H and O–H groups in total. The summed E-state index contributed by atoms with van der Waals surface area (Å²) in [5, 5.41) is 3.52. The van der Waals surface area contributed by atoms with Crippen molar-refractivity contribution in [3.63, 3.8) is 0 Å². The van der Waals surface area contributed by atoms with E-state index in [1.54, 1.807) is 0 Å². The molecule has 3 aromatic rings. The molecule has 0 saturated heterocycles. The molecule has 0 radical (unpaired) electrons. The summed E-state index contributed by atoms with van der Waals surface area (Å²) in [5.41, 5.74) is 7.80. The van der Waals surface area contributed by atoms with E-state index in [9.17, 15) is 9.59 Å². The molecule has 0 unspecified atom stereocenters. The minimum atomic E-state index is -0.0512. The second-order valence-electron chi connectivity index (χ2n) is 8.11. The standard InChI is InChI=1S/C25H25NO2/c1-10-11(2)13(4)21-20(12(10)3)24(27)22-14(5)18-16(7)26(9)17(8)19(18)15(6)23(22)25(21)28/h7-8H2,1-6,9H3. The number of aromatic nitrogens is 1. The van der Waals surface area contributed by atoms with Crippen LogP contribution >= 0.6 is 0 Å². The fraction of sp³-hybridized carbons (Fsp3) is 0.280. The molecule has 0 atom stereocenters. The Kier molecular flexibility index (Phi) is 3.64. The molecule has 4 rings (SSSR count). The molecular weight excluding hydrogens is 346 g/mol. The molecule has 0 amide bonds. The minimum absolute atomic E-state index is 0.0512. The third-order valence-electron chi connectivity index (χ3n) is 6.98. The first kappa shape index (κ1) is 18.4. The van der Waals surface area contributed by atoms with Gasteiger partial charge in [-0.1, -0.05) is 13.2 Å². The van der Waals surface area contributed by atoms with Crippen molar-refractivity contribution in [3.05, 3.63) is 66.3 Å². The molecule has 0 fully saturated rings. The number of benzene rings is 2. The van der Waals surface area contributed by atoms with E-state index in [0.717, 1.165) is 54.9 Å².